The number of nitrogens with one attached hydrogen (secondary N) is 1. The summed E-state index contributed by atoms with van der Waals surface area (Å²) in [5.41, 5.74) is 5.34. The Morgan fingerprint density at radius 3 is 2.52 bits per heavy atom. The Morgan fingerprint density at radius 2 is 1.86 bits per heavy atom. The molecular formula is C33H35ClN4O3S. The minimum atomic E-state index is -0.252. The zero-order valence-corrected chi connectivity index (χ0v) is 25.9. The van der Waals surface area contributed by atoms with Crippen molar-refractivity contribution in [3.8, 4) is 33.3 Å². The van der Waals surface area contributed by atoms with Crippen molar-refractivity contribution in [2.75, 3.05) is 32.8 Å². The van der Waals surface area contributed by atoms with Gasteiger partial charge in [-0.2, -0.15) is 0 Å². The smallest absolute Gasteiger partial charge is 0.266 e. The van der Waals surface area contributed by atoms with E-state index in [1.165, 1.54) is 11.3 Å². The van der Waals surface area contributed by atoms with Crippen LogP contribution in [0.4, 0.5) is 0 Å². The number of rotatable bonds is 8. The standard InChI is InChI=1S/C33H35ClN4O3S/c1-5-22-8-7-9-29(41-6-2)30(22)38-28(18-21(3)4)25(32(39)37-16-14-35-15-17-37)19-26(33(38)40)31-36-27(20-42-31)23-10-12-24(34)13-11-23/h7-13,18-20,35H,5-6,14-17H2,1-4H3. The van der Waals surface area contributed by atoms with Crippen molar-refractivity contribution in [2.24, 2.45) is 0 Å². The van der Waals surface area contributed by atoms with Gasteiger partial charge in [-0.15, -0.1) is 11.3 Å². The summed E-state index contributed by atoms with van der Waals surface area (Å²) in [6.45, 7) is 11.0. The average Bonchev–Trinajstić information content (AvgIpc) is 3.48. The van der Waals surface area contributed by atoms with E-state index in [4.69, 9.17) is 21.3 Å². The summed E-state index contributed by atoms with van der Waals surface area (Å²) in [4.78, 5) is 35.5. The maximum absolute atomic E-state index is 14.6. The molecule has 4 aromatic rings. The first kappa shape index (κ1) is 29.8. The van der Waals surface area contributed by atoms with E-state index in [0.29, 0.717) is 64.4 Å². The van der Waals surface area contributed by atoms with E-state index < -0.39 is 0 Å². The lowest BCUT2D eigenvalue weighted by atomic mass is 10.0. The average molecular weight is 603 g/mol. The normalized spacial score (nSPS) is 13.2. The second-order valence-corrected chi connectivity index (χ2v) is 11.7. The van der Waals surface area contributed by atoms with Crippen LogP contribution in [0.2, 0.25) is 5.02 Å². The lowest BCUT2D eigenvalue weighted by molar-refractivity contribution is 0.0735. The van der Waals surface area contributed by atoms with Crippen LogP contribution in [-0.2, 0) is 6.42 Å². The Hall–Kier alpha value is -3.72. The second-order valence-electron chi connectivity index (χ2n) is 10.4. The second kappa shape index (κ2) is 13.1. The van der Waals surface area contributed by atoms with Gasteiger partial charge in [0.1, 0.15) is 10.8 Å². The van der Waals surface area contributed by atoms with Gasteiger partial charge >= 0.3 is 0 Å². The first-order valence-electron chi connectivity index (χ1n) is 14.2. The molecule has 1 saturated heterocycles. The molecule has 1 aliphatic rings. The number of nitrogens with zero attached hydrogens (tertiary/aromatic N) is 3. The van der Waals surface area contributed by atoms with Crippen molar-refractivity contribution in [3.63, 3.8) is 0 Å². The monoisotopic (exact) mass is 602 g/mol. The highest BCUT2D eigenvalue weighted by molar-refractivity contribution is 7.13. The zero-order valence-electron chi connectivity index (χ0n) is 24.4. The first-order valence-corrected chi connectivity index (χ1v) is 15.5. The summed E-state index contributed by atoms with van der Waals surface area (Å²) < 4.78 is 7.75. The Morgan fingerprint density at radius 1 is 1.12 bits per heavy atom. The number of aromatic nitrogens is 2. The Balaban J connectivity index is 1.82. The number of hydrogen-bond acceptors (Lipinski definition) is 6. The van der Waals surface area contributed by atoms with E-state index >= 15 is 0 Å². The molecule has 0 aliphatic carbocycles. The molecule has 2 aromatic heterocycles. The van der Waals surface area contributed by atoms with Crippen LogP contribution in [0.15, 0.2) is 64.3 Å². The number of amides is 1. The molecule has 9 heteroatoms. The molecule has 1 amide bonds. The van der Waals surface area contributed by atoms with Gasteiger partial charge in [-0.1, -0.05) is 48.4 Å². The quantitative estimate of drug-likeness (QED) is 0.243. The number of piperazine rings is 1. The third-order valence-corrected chi connectivity index (χ3v) is 8.29. The summed E-state index contributed by atoms with van der Waals surface area (Å²) in [6, 6.07) is 15.0. The predicted molar refractivity (Wildman–Crippen MR) is 172 cm³/mol. The number of para-hydroxylation sites is 1. The lowest BCUT2D eigenvalue weighted by Crippen LogP contribution is -2.47. The number of pyridine rings is 1. The first-order chi connectivity index (χ1) is 20.3. The van der Waals surface area contributed by atoms with Gasteiger partial charge in [0.2, 0.25) is 0 Å². The van der Waals surface area contributed by atoms with Gasteiger partial charge in [0.25, 0.3) is 11.5 Å². The number of benzene rings is 2. The fourth-order valence-electron chi connectivity index (χ4n) is 5.16. The highest BCUT2D eigenvalue weighted by Crippen LogP contribution is 2.34. The lowest BCUT2D eigenvalue weighted by Gasteiger charge is -2.29. The van der Waals surface area contributed by atoms with E-state index in [0.717, 1.165) is 35.5 Å². The minimum absolute atomic E-state index is 0.111. The van der Waals surface area contributed by atoms with Gasteiger partial charge in [-0.3, -0.25) is 14.2 Å². The largest absolute Gasteiger partial charge is 0.492 e. The van der Waals surface area contributed by atoms with Crippen molar-refractivity contribution in [3.05, 3.63) is 91.7 Å². The third kappa shape index (κ3) is 6.07. The van der Waals surface area contributed by atoms with Crippen LogP contribution in [0.3, 0.4) is 0 Å². The molecule has 0 unspecified atom stereocenters. The van der Waals surface area contributed by atoms with Crippen LogP contribution in [0.5, 0.6) is 5.75 Å². The van der Waals surface area contributed by atoms with E-state index in [9.17, 15) is 9.59 Å². The molecule has 0 saturated carbocycles. The maximum atomic E-state index is 14.6. The van der Waals surface area contributed by atoms with Crippen molar-refractivity contribution in [2.45, 2.75) is 34.1 Å². The molecular weight excluding hydrogens is 568 g/mol. The molecule has 5 rings (SSSR count). The fraction of sp³-hybridized carbons (Fsp3) is 0.303. The molecule has 0 atom stereocenters. The van der Waals surface area contributed by atoms with Crippen LogP contribution in [-0.4, -0.2) is 53.1 Å². The summed E-state index contributed by atoms with van der Waals surface area (Å²) in [5, 5.41) is 6.43. The number of carbonyl (C=O) groups excluding carboxylic acids is 1. The van der Waals surface area contributed by atoms with Crippen LogP contribution in [0.1, 0.15) is 49.3 Å². The predicted octanol–water partition coefficient (Wildman–Crippen LogP) is 6.71. The van der Waals surface area contributed by atoms with E-state index in [-0.39, 0.29) is 11.5 Å². The molecule has 2 aromatic carbocycles. The number of carbonyl (C=O) groups is 1. The van der Waals surface area contributed by atoms with Crippen LogP contribution < -0.4 is 15.6 Å². The molecule has 0 spiro atoms. The Labute approximate surface area is 255 Å². The van der Waals surface area contributed by atoms with E-state index in [1.54, 1.807) is 10.6 Å². The van der Waals surface area contributed by atoms with E-state index in [2.05, 4.69) is 12.2 Å². The molecule has 42 heavy (non-hydrogen) atoms. The van der Waals surface area contributed by atoms with Crippen molar-refractivity contribution >= 4 is 34.9 Å². The zero-order chi connectivity index (χ0) is 29.8. The fourth-order valence-corrected chi connectivity index (χ4v) is 6.12. The van der Waals surface area contributed by atoms with Crippen LogP contribution in [0.25, 0.3) is 33.6 Å². The molecule has 218 valence electrons. The van der Waals surface area contributed by atoms with Crippen molar-refractivity contribution < 1.29 is 9.53 Å². The summed E-state index contributed by atoms with van der Waals surface area (Å²) >= 11 is 7.48. The topological polar surface area (TPSA) is 76.5 Å². The molecule has 0 bridgehead atoms. The number of aryl methyl sites for hydroxylation is 1. The number of thiazole rings is 1. The molecule has 1 aliphatic heterocycles. The molecule has 0 radical (unpaired) electrons. The highest BCUT2D eigenvalue weighted by atomic mass is 35.5. The molecule has 1 fully saturated rings. The summed E-state index contributed by atoms with van der Waals surface area (Å²) in [7, 11) is 0. The summed E-state index contributed by atoms with van der Waals surface area (Å²) in [6.07, 6.45) is 2.60. The van der Waals surface area contributed by atoms with Gasteiger partial charge in [-0.25, -0.2) is 4.98 Å². The SMILES string of the molecule is CCOc1cccc(CC)c1-n1c(C=C(C)C)c(C(=O)N2CCNCC2)cc(-c2nc(-c3ccc(Cl)cc3)cs2)c1=O. The Kier molecular flexibility index (Phi) is 9.26. The van der Waals surface area contributed by atoms with Gasteiger partial charge in [-0.05, 0) is 63.1 Å². The molecule has 1 N–H and O–H groups in total. The number of hydrogen-bond donors (Lipinski definition) is 1. The molecule has 7 nitrogen and oxygen atoms in total. The third-order valence-electron chi connectivity index (χ3n) is 7.16. The minimum Gasteiger partial charge on any atom is -0.492 e. The van der Waals surface area contributed by atoms with Gasteiger partial charge < -0.3 is 15.0 Å². The summed E-state index contributed by atoms with van der Waals surface area (Å²) in [5.74, 6) is 0.487. The van der Waals surface area contributed by atoms with Gasteiger partial charge in [0.15, 0.2) is 0 Å². The number of allylic oxidation sites excluding steroid dienone is 1. The maximum Gasteiger partial charge on any atom is 0.266 e. The number of halogens is 1. The number of ether oxygens (including phenoxy) is 1. The molecule has 3 heterocycles. The van der Waals surface area contributed by atoms with E-state index in [1.807, 2.05) is 79.6 Å². The van der Waals surface area contributed by atoms with Gasteiger partial charge in [0, 0.05) is 42.1 Å². The highest BCUT2D eigenvalue weighted by Gasteiger charge is 2.28. The van der Waals surface area contributed by atoms with Crippen LogP contribution >= 0.6 is 22.9 Å². The van der Waals surface area contributed by atoms with Gasteiger partial charge in [0.05, 0.1) is 34.8 Å². The Bertz CT molecular complexity index is 1680. The van der Waals surface area contributed by atoms with Crippen molar-refractivity contribution in [1.29, 1.82) is 0 Å². The van der Waals surface area contributed by atoms with Crippen LogP contribution in [0, 0.1) is 0 Å². The van der Waals surface area contributed by atoms with Crippen molar-refractivity contribution in [1.82, 2.24) is 19.8 Å².